The van der Waals surface area contributed by atoms with E-state index in [0.29, 0.717) is 17.3 Å². The summed E-state index contributed by atoms with van der Waals surface area (Å²) in [7, 11) is 0. The molecule has 0 aromatic carbocycles. The number of hydrogen-bond acceptors (Lipinski definition) is 1. The Balaban J connectivity index is 3.52. The highest BCUT2D eigenvalue weighted by Gasteiger charge is 2.24. The van der Waals surface area contributed by atoms with Crippen LogP contribution in [0.1, 0.15) is 41.5 Å². The lowest BCUT2D eigenvalue weighted by atomic mass is 10.1. The maximum atomic E-state index is 11.1. The van der Waals surface area contributed by atoms with Gasteiger partial charge < -0.3 is 9.67 Å². The summed E-state index contributed by atoms with van der Waals surface area (Å²) in [6, 6.07) is 0. The van der Waals surface area contributed by atoms with E-state index in [0.717, 1.165) is 5.69 Å². The van der Waals surface area contributed by atoms with E-state index >= 15 is 0 Å². The van der Waals surface area contributed by atoms with Crippen molar-refractivity contribution in [3.63, 3.8) is 0 Å². The monoisotopic (exact) mass is 241 g/mol. The van der Waals surface area contributed by atoms with Gasteiger partial charge in [-0.2, -0.15) is 0 Å². The van der Waals surface area contributed by atoms with Crippen molar-refractivity contribution in [1.29, 1.82) is 0 Å². The third-order valence-electron chi connectivity index (χ3n) is 2.57. The summed E-state index contributed by atoms with van der Waals surface area (Å²) < 4.78 is 1.91. The molecule has 0 saturated heterocycles. The number of carboxylic acid groups (broad SMARTS) is 1. The highest BCUT2D eigenvalue weighted by atomic mass is 35.5. The van der Waals surface area contributed by atoms with E-state index in [4.69, 9.17) is 16.7 Å². The molecule has 1 heterocycles. The van der Waals surface area contributed by atoms with Gasteiger partial charge in [0.15, 0.2) is 0 Å². The molecule has 4 heteroatoms. The van der Waals surface area contributed by atoms with Crippen LogP contribution in [0, 0.1) is 6.92 Å². The zero-order chi connectivity index (χ0) is 12.5. The molecule has 1 aromatic rings. The largest absolute Gasteiger partial charge is 0.478 e. The molecule has 0 unspecified atom stereocenters. The predicted octanol–water partition coefficient (Wildman–Crippen LogP) is 3.46. The zero-order valence-electron chi connectivity index (χ0n) is 9.75. The van der Waals surface area contributed by atoms with Crippen LogP contribution in [0.2, 0.25) is 5.02 Å². The van der Waals surface area contributed by atoms with Crippen molar-refractivity contribution in [2.45, 2.75) is 33.2 Å². The summed E-state index contributed by atoms with van der Waals surface area (Å²) in [5.74, 6) is -0.800. The van der Waals surface area contributed by atoms with Crippen LogP contribution in [-0.2, 0) is 6.54 Å². The van der Waals surface area contributed by atoms with Crippen LogP contribution in [-0.4, -0.2) is 15.6 Å². The van der Waals surface area contributed by atoms with E-state index in [1.165, 1.54) is 0 Å². The smallest absolute Gasteiger partial charge is 0.339 e. The molecule has 1 N–H and O–H groups in total. The van der Waals surface area contributed by atoms with E-state index in [1.54, 1.807) is 13.0 Å². The van der Waals surface area contributed by atoms with Gasteiger partial charge in [-0.25, -0.2) is 4.79 Å². The van der Waals surface area contributed by atoms with Gasteiger partial charge in [-0.3, -0.25) is 0 Å². The molecule has 0 saturated carbocycles. The van der Waals surface area contributed by atoms with Crippen LogP contribution in [0.25, 0.3) is 0 Å². The average Bonchev–Trinajstić information content (AvgIpc) is 2.39. The van der Waals surface area contributed by atoms with Crippen LogP contribution >= 0.6 is 11.6 Å². The van der Waals surface area contributed by atoms with Crippen molar-refractivity contribution in [1.82, 2.24) is 4.57 Å². The number of halogens is 1. The van der Waals surface area contributed by atoms with E-state index in [-0.39, 0.29) is 11.5 Å². The zero-order valence-corrected chi connectivity index (χ0v) is 10.5. The number of aromatic nitrogens is 1. The minimum atomic E-state index is -0.979. The summed E-state index contributed by atoms with van der Waals surface area (Å²) >= 11 is 6.12. The van der Waals surface area contributed by atoms with Gasteiger partial charge in [0.1, 0.15) is 0 Å². The molecule has 0 aliphatic carbocycles. The third kappa shape index (κ3) is 2.00. The Kier molecular flexibility index (Phi) is 3.81. The normalized spacial score (nSPS) is 10.8. The highest BCUT2D eigenvalue weighted by Crippen LogP contribution is 2.32. The van der Waals surface area contributed by atoms with Crippen LogP contribution in [0.15, 0.2) is 12.7 Å². The summed E-state index contributed by atoms with van der Waals surface area (Å²) in [4.78, 5) is 11.1. The number of carboxylic acids is 1. The van der Waals surface area contributed by atoms with E-state index < -0.39 is 5.97 Å². The second-order valence-corrected chi connectivity index (χ2v) is 4.40. The first-order valence-corrected chi connectivity index (χ1v) is 5.52. The fraction of sp³-hybridized carbons (Fsp3) is 0.417. The number of nitrogens with zero attached hydrogens (tertiary/aromatic N) is 1. The fourth-order valence-corrected chi connectivity index (χ4v) is 2.44. The van der Waals surface area contributed by atoms with Gasteiger partial charge in [-0.05, 0) is 12.8 Å². The molecule has 0 radical (unpaired) electrons. The summed E-state index contributed by atoms with van der Waals surface area (Å²) in [5.41, 5.74) is 1.74. The number of aromatic carboxylic acids is 1. The number of allylic oxidation sites excluding steroid dienone is 1. The van der Waals surface area contributed by atoms with Gasteiger partial charge in [0.25, 0.3) is 0 Å². The number of hydrogen-bond donors (Lipinski definition) is 1. The Morgan fingerprint density at radius 1 is 1.62 bits per heavy atom. The van der Waals surface area contributed by atoms with Crippen molar-refractivity contribution < 1.29 is 9.90 Å². The Hall–Kier alpha value is -1.22. The molecule has 88 valence electrons. The van der Waals surface area contributed by atoms with Crippen LogP contribution in [0.4, 0.5) is 0 Å². The number of carbonyl (C=O) groups is 1. The van der Waals surface area contributed by atoms with Crippen molar-refractivity contribution in [2.75, 3.05) is 0 Å². The van der Waals surface area contributed by atoms with E-state index in [9.17, 15) is 4.79 Å². The van der Waals surface area contributed by atoms with Crippen LogP contribution in [0.5, 0.6) is 0 Å². The fourth-order valence-electron chi connectivity index (χ4n) is 1.90. The minimum Gasteiger partial charge on any atom is -0.478 e. The standard InChI is InChI=1S/C12H16ClNO2/c1-5-6-14-8(4)9(12(15)16)10(13)11(14)7(2)3/h5,7H,1,6H2,2-4H3,(H,15,16). The van der Waals surface area contributed by atoms with Gasteiger partial charge in [0.05, 0.1) is 10.6 Å². The third-order valence-corrected chi connectivity index (χ3v) is 2.96. The van der Waals surface area contributed by atoms with Crippen molar-refractivity contribution in [2.24, 2.45) is 0 Å². The Morgan fingerprint density at radius 2 is 2.19 bits per heavy atom. The second-order valence-electron chi connectivity index (χ2n) is 4.02. The van der Waals surface area contributed by atoms with Gasteiger partial charge in [0, 0.05) is 17.9 Å². The van der Waals surface area contributed by atoms with Crippen molar-refractivity contribution in [3.8, 4) is 0 Å². The molecule has 1 rings (SSSR count). The molecule has 0 fully saturated rings. The van der Waals surface area contributed by atoms with Crippen LogP contribution < -0.4 is 0 Å². The van der Waals surface area contributed by atoms with Gasteiger partial charge >= 0.3 is 5.97 Å². The lowest BCUT2D eigenvalue weighted by molar-refractivity contribution is 0.0696. The maximum Gasteiger partial charge on any atom is 0.339 e. The minimum absolute atomic E-state index is 0.180. The lowest BCUT2D eigenvalue weighted by Gasteiger charge is -2.12. The van der Waals surface area contributed by atoms with E-state index in [1.807, 2.05) is 18.4 Å². The Labute approximate surface area is 100 Å². The van der Waals surface area contributed by atoms with Crippen LogP contribution in [0.3, 0.4) is 0 Å². The lowest BCUT2D eigenvalue weighted by Crippen LogP contribution is -2.05. The first-order chi connectivity index (χ1) is 7.41. The van der Waals surface area contributed by atoms with Gasteiger partial charge in [0.2, 0.25) is 0 Å². The predicted molar refractivity (Wildman–Crippen MR) is 65.4 cm³/mol. The molecule has 1 aromatic heterocycles. The molecule has 16 heavy (non-hydrogen) atoms. The maximum absolute atomic E-state index is 11.1. The van der Waals surface area contributed by atoms with Crippen molar-refractivity contribution in [3.05, 3.63) is 34.6 Å². The van der Waals surface area contributed by atoms with Gasteiger partial charge in [-0.1, -0.05) is 31.5 Å². The Bertz CT molecular complexity index is 433. The van der Waals surface area contributed by atoms with Gasteiger partial charge in [-0.15, -0.1) is 6.58 Å². The summed E-state index contributed by atoms with van der Waals surface area (Å²) in [6.07, 6.45) is 1.74. The van der Waals surface area contributed by atoms with Crippen molar-refractivity contribution >= 4 is 17.6 Å². The first kappa shape index (κ1) is 12.8. The Morgan fingerprint density at radius 3 is 2.56 bits per heavy atom. The van der Waals surface area contributed by atoms with E-state index in [2.05, 4.69) is 6.58 Å². The highest BCUT2D eigenvalue weighted by molar-refractivity contribution is 6.34. The topological polar surface area (TPSA) is 42.2 Å². The SMILES string of the molecule is C=CCn1c(C)c(C(=O)O)c(Cl)c1C(C)C. The molecular weight excluding hydrogens is 226 g/mol. The molecule has 0 spiro atoms. The molecular formula is C12H16ClNO2. The molecule has 3 nitrogen and oxygen atoms in total. The molecule has 0 atom stereocenters. The molecule has 0 aliphatic rings. The average molecular weight is 242 g/mol. The second kappa shape index (κ2) is 4.74. The quantitative estimate of drug-likeness (QED) is 0.821. The molecule has 0 amide bonds. The molecule has 0 aliphatic heterocycles. The number of rotatable bonds is 4. The summed E-state index contributed by atoms with van der Waals surface area (Å²) in [5, 5.41) is 9.46. The molecule has 0 bridgehead atoms. The summed E-state index contributed by atoms with van der Waals surface area (Å²) in [6.45, 7) is 10.00. The first-order valence-electron chi connectivity index (χ1n) is 5.14.